The van der Waals surface area contributed by atoms with Crippen molar-refractivity contribution in [2.45, 2.75) is 40.7 Å². The molecule has 0 aliphatic heterocycles. The average Bonchev–Trinajstić information content (AvgIpc) is 3.19. The Bertz CT molecular complexity index is 955. The van der Waals surface area contributed by atoms with Crippen LogP contribution in [0.3, 0.4) is 0 Å². The maximum absolute atomic E-state index is 12.7. The van der Waals surface area contributed by atoms with Crippen LogP contribution in [0.2, 0.25) is 0 Å². The third kappa shape index (κ3) is 3.48. The number of hydrogen-bond donors (Lipinski definition) is 1. The lowest BCUT2D eigenvalue weighted by Crippen LogP contribution is -2.32. The van der Waals surface area contributed by atoms with Gasteiger partial charge in [-0.2, -0.15) is 9.50 Å². The van der Waals surface area contributed by atoms with Gasteiger partial charge in [-0.15, -0.1) is 11.3 Å². The largest absolute Gasteiger partial charge is 0.277 e. The normalized spacial score (nSPS) is 11.4. The van der Waals surface area contributed by atoms with Gasteiger partial charge in [0.25, 0.3) is 11.3 Å². The van der Waals surface area contributed by atoms with Crippen LogP contribution in [0.25, 0.3) is 5.78 Å². The van der Waals surface area contributed by atoms with Crippen molar-refractivity contribution in [1.82, 2.24) is 19.6 Å². The molecule has 8 heteroatoms. The number of carbonyl (C=O) groups excluding carboxylic acids is 1. The van der Waals surface area contributed by atoms with Crippen LogP contribution >= 0.6 is 11.3 Å². The molecule has 0 saturated heterocycles. The molecule has 0 fully saturated rings. The molecular weight excluding hydrogens is 338 g/mol. The number of nitrogens with zero attached hydrogens (tertiary/aromatic N) is 4. The van der Waals surface area contributed by atoms with Gasteiger partial charge >= 0.3 is 0 Å². The van der Waals surface area contributed by atoms with Gasteiger partial charge in [0.1, 0.15) is 0 Å². The number of aryl methyl sites for hydroxylation is 1. The van der Waals surface area contributed by atoms with Gasteiger partial charge in [-0.05, 0) is 31.2 Å². The maximum Gasteiger partial charge on any atom is 0.277 e. The number of aromatic nitrogens is 4. The number of anilines is 1. The minimum atomic E-state index is -0.200. The Morgan fingerprint density at radius 2 is 2.12 bits per heavy atom. The predicted molar refractivity (Wildman–Crippen MR) is 98.0 cm³/mol. The lowest BCUT2D eigenvalue weighted by molar-refractivity contribution is -0.119. The Morgan fingerprint density at radius 1 is 1.36 bits per heavy atom. The molecule has 132 valence electrons. The summed E-state index contributed by atoms with van der Waals surface area (Å²) in [6, 6.07) is 3.92. The van der Waals surface area contributed by atoms with Crippen molar-refractivity contribution in [3.63, 3.8) is 0 Å². The molecule has 0 atom stereocenters. The first-order valence-corrected chi connectivity index (χ1v) is 9.03. The summed E-state index contributed by atoms with van der Waals surface area (Å²) in [6.07, 6.45) is 0.406. The Labute approximate surface area is 149 Å². The molecule has 3 aromatic heterocycles. The van der Waals surface area contributed by atoms with Crippen molar-refractivity contribution in [2.75, 3.05) is 4.90 Å². The minimum absolute atomic E-state index is 0.0380. The van der Waals surface area contributed by atoms with E-state index in [0.717, 1.165) is 4.88 Å². The molecule has 7 nitrogen and oxygen atoms in total. The van der Waals surface area contributed by atoms with Crippen molar-refractivity contribution < 1.29 is 4.79 Å². The molecule has 3 heterocycles. The zero-order valence-corrected chi connectivity index (χ0v) is 15.6. The summed E-state index contributed by atoms with van der Waals surface area (Å²) in [5.74, 6) is 0.808. The van der Waals surface area contributed by atoms with Gasteiger partial charge in [0.05, 0.1) is 6.54 Å². The van der Waals surface area contributed by atoms with Crippen LogP contribution in [0.1, 0.15) is 36.4 Å². The number of aromatic amines is 1. The third-order valence-electron chi connectivity index (χ3n) is 3.99. The van der Waals surface area contributed by atoms with Gasteiger partial charge in [-0.3, -0.25) is 19.6 Å². The second-order valence-corrected chi connectivity index (χ2v) is 7.50. The quantitative estimate of drug-likeness (QED) is 0.759. The Kier molecular flexibility index (Phi) is 4.71. The molecule has 0 radical (unpaired) electrons. The summed E-state index contributed by atoms with van der Waals surface area (Å²) in [5.41, 5.74) is 1.00. The molecule has 3 aromatic rings. The minimum Gasteiger partial charge on any atom is -0.276 e. The molecule has 0 aliphatic carbocycles. The monoisotopic (exact) mass is 359 g/mol. The average molecular weight is 359 g/mol. The SMILES string of the molecule is Cc1nc2nc(N(Cc3cccs3)C(=O)CC(C)C)[nH]n2c(=O)c1C. The lowest BCUT2D eigenvalue weighted by atomic mass is 10.1. The summed E-state index contributed by atoms with van der Waals surface area (Å²) in [6.45, 7) is 7.91. The molecule has 0 aliphatic rings. The number of H-pyrrole nitrogens is 1. The zero-order chi connectivity index (χ0) is 18.1. The van der Waals surface area contributed by atoms with Gasteiger partial charge in [-0.25, -0.2) is 4.98 Å². The van der Waals surface area contributed by atoms with Gasteiger partial charge in [0, 0.05) is 22.6 Å². The fraction of sp³-hybridized carbons (Fsp3) is 0.412. The predicted octanol–water partition coefficient (Wildman–Crippen LogP) is 2.68. The lowest BCUT2D eigenvalue weighted by Gasteiger charge is -2.19. The molecule has 0 spiro atoms. The second-order valence-electron chi connectivity index (χ2n) is 6.47. The van der Waals surface area contributed by atoms with E-state index in [0.29, 0.717) is 30.2 Å². The molecule has 25 heavy (non-hydrogen) atoms. The highest BCUT2D eigenvalue weighted by molar-refractivity contribution is 7.09. The molecule has 0 bridgehead atoms. The van der Waals surface area contributed by atoms with E-state index in [9.17, 15) is 9.59 Å². The van der Waals surface area contributed by atoms with Crippen LogP contribution in [0, 0.1) is 19.8 Å². The fourth-order valence-corrected chi connectivity index (χ4v) is 3.21. The highest BCUT2D eigenvalue weighted by Gasteiger charge is 2.22. The first kappa shape index (κ1) is 17.3. The fourth-order valence-electron chi connectivity index (χ4n) is 2.51. The van der Waals surface area contributed by atoms with E-state index in [-0.39, 0.29) is 23.2 Å². The summed E-state index contributed by atoms with van der Waals surface area (Å²) in [4.78, 5) is 36.5. The number of carbonyl (C=O) groups is 1. The second kappa shape index (κ2) is 6.79. The van der Waals surface area contributed by atoms with Gasteiger partial charge in [0.2, 0.25) is 11.9 Å². The van der Waals surface area contributed by atoms with Crippen LogP contribution in [0.4, 0.5) is 5.95 Å². The van der Waals surface area contributed by atoms with Gasteiger partial charge < -0.3 is 0 Å². The van der Waals surface area contributed by atoms with E-state index in [2.05, 4.69) is 15.1 Å². The smallest absolute Gasteiger partial charge is 0.276 e. The number of amides is 1. The first-order chi connectivity index (χ1) is 11.9. The number of nitrogens with one attached hydrogen (secondary N) is 1. The van der Waals surface area contributed by atoms with Crippen molar-refractivity contribution in [3.8, 4) is 0 Å². The Morgan fingerprint density at radius 3 is 2.76 bits per heavy atom. The molecule has 0 unspecified atom stereocenters. The van der Waals surface area contributed by atoms with E-state index >= 15 is 0 Å². The first-order valence-electron chi connectivity index (χ1n) is 8.15. The van der Waals surface area contributed by atoms with Crippen LogP contribution in [0.5, 0.6) is 0 Å². The van der Waals surface area contributed by atoms with Crippen molar-refractivity contribution in [1.29, 1.82) is 0 Å². The van der Waals surface area contributed by atoms with E-state index in [1.165, 1.54) is 4.52 Å². The van der Waals surface area contributed by atoms with Gasteiger partial charge in [0.15, 0.2) is 0 Å². The molecule has 3 rings (SSSR count). The Balaban J connectivity index is 2.06. The van der Waals surface area contributed by atoms with E-state index in [4.69, 9.17) is 0 Å². The highest BCUT2D eigenvalue weighted by atomic mass is 32.1. The van der Waals surface area contributed by atoms with Crippen LogP contribution in [-0.2, 0) is 11.3 Å². The molecule has 1 amide bonds. The molecule has 1 N–H and O–H groups in total. The van der Waals surface area contributed by atoms with Gasteiger partial charge in [-0.1, -0.05) is 19.9 Å². The summed E-state index contributed by atoms with van der Waals surface area (Å²) in [7, 11) is 0. The summed E-state index contributed by atoms with van der Waals surface area (Å²) >= 11 is 1.58. The number of rotatable bonds is 5. The van der Waals surface area contributed by atoms with Crippen LogP contribution < -0.4 is 10.5 Å². The molecule has 0 aromatic carbocycles. The molecule has 0 saturated carbocycles. The summed E-state index contributed by atoms with van der Waals surface area (Å²) in [5, 5.41) is 4.91. The highest BCUT2D eigenvalue weighted by Crippen LogP contribution is 2.19. The third-order valence-corrected chi connectivity index (χ3v) is 4.85. The van der Waals surface area contributed by atoms with E-state index < -0.39 is 0 Å². The maximum atomic E-state index is 12.7. The Hall–Kier alpha value is -2.48. The summed E-state index contributed by atoms with van der Waals surface area (Å²) < 4.78 is 1.29. The number of thiophene rings is 1. The topological polar surface area (TPSA) is 83.4 Å². The van der Waals surface area contributed by atoms with Crippen molar-refractivity contribution >= 4 is 29.0 Å². The van der Waals surface area contributed by atoms with Crippen LogP contribution in [-0.4, -0.2) is 25.5 Å². The van der Waals surface area contributed by atoms with E-state index in [1.54, 1.807) is 30.1 Å². The number of hydrogen-bond acceptors (Lipinski definition) is 5. The van der Waals surface area contributed by atoms with Crippen LogP contribution in [0.15, 0.2) is 22.3 Å². The number of fused-ring (bicyclic) bond motifs is 1. The standard InChI is InChI=1S/C17H21N5O2S/c1-10(2)8-14(23)21(9-13-6-5-7-25-13)17-19-16-18-12(4)11(3)15(24)22(16)20-17/h5-7,10H,8-9H2,1-4H3,(H,18,19,20). The molecular formula is C17H21N5O2S. The van der Waals surface area contributed by atoms with Crippen molar-refractivity contribution in [2.24, 2.45) is 5.92 Å². The van der Waals surface area contributed by atoms with Crippen molar-refractivity contribution in [3.05, 3.63) is 44.0 Å². The zero-order valence-electron chi connectivity index (χ0n) is 14.7. The van der Waals surface area contributed by atoms with E-state index in [1.807, 2.05) is 31.4 Å².